The second kappa shape index (κ2) is 12.7. The van der Waals surface area contributed by atoms with Crippen molar-refractivity contribution in [2.24, 2.45) is 0 Å². The molecule has 2 saturated heterocycles. The summed E-state index contributed by atoms with van der Waals surface area (Å²) in [4.78, 5) is 36.3. The van der Waals surface area contributed by atoms with Crippen molar-refractivity contribution in [1.82, 2.24) is 9.88 Å². The Hall–Kier alpha value is -3.32. The Balaban J connectivity index is 1.45. The number of amides is 1. The molecule has 2 aliphatic heterocycles. The minimum atomic E-state index is -0.420. The number of hydrogen-bond donors (Lipinski definition) is 0. The molecule has 0 bridgehead atoms. The van der Waals surface area contributed by atoms with Gasteiger partial charge < -0.3 is 19.1 Å². The number of nitro groups is 1. The molecule has 0 saturated carbocycles. The van der Waals surface area contributed by atoms with Gasteiger partial charge in [-0.05, 0) is 37.6 Å². The SMILES string of the molecule is CCOc1cccc2sc(N(CCCN3CCOCC3)C(=O)c3ccc(N4CCOCC4)c([N+](=O)[O-])c3)nc12. The van der Waals surface area contributed by atoms with Crippen LogP contribution in [0.2, 0.25) is 0 Å². The normalized spacial score (nSPS) is 16.4. The summed E-state index contributed by atoms with van der Waals surface area (Å²) >= 11 is 1.42. The Kier molecular flexibility index (Phi) is 8.87. The third kappa shape index (κ3) is 6.30. The van der Waals surface area contributed by atoms with Crippen LogP contribution in [0, 0.1) is 10.1 Å². The zero-order chi connectivity index (χ0) is 27.2. The van der Waals surface area contributed by atoms with Crippen LogP contribution < -0.4 is 14.5 Å². The maximum atomic E-state index is 13.9. The summed E-state index contributed by atoms with van der Waals surface area (Å²) < 4.78 is 17.5. The van der Waals surface area contributed by atoms with Gasteiger partial charge in [-0.1, -0.05) is 17.4 Å². The number of ether oxygens (including phenoxy) is 3. The van der Waals surface area contributed by atoms with E-state index in [2.05, 4.69) is 4.90 Å². The molecule has 3 heterocycles. The van der Waals surface area contributed by atoms with E-state index in [1.54, 1.807) is 17.0 Å². The average molecular weight is 556 g/mol. The number of carbonyl (C=O) groups is 1. The van der Waals surface area contributed by atoms with Gasteiger partial charge in [-0.25, -0.2) is 4.98 Å². The molecule has 208 valence electrons. The first-order chi connectivity index (χ1) is 19.0. The Morgan fingerprint density at radius 3 is 2.59 bits per heavy atom. The van der Waals surface area contributed by atoms with Crippen LogP contribution in [-0.2, 0) is 9.47 Å². The Morgan fingerprint density at radius 2 is 1.87 bits per heavy atom. The predicted octanol–water partition coefficient (Wildman–Crippen LogP) is 3.81. The fraction of sp³-hybridized carbons (Fsp3) is 0.481. The summed E-state index contributed by atoms with van der Waals surface area (Å²) in [7, 11) is 0. The number of nitrogens with zero attached hydrogens (tertiary/aromatic N) is 5. The minimum absolute atomic E-state index is 0.0843. The lowest BCUT2D eigenvalue weighted by Crippen LogP contribution is -2.39. The molecule has 0 radical (unpaired) electrons. The van der Waals surface area contributed by atoms with Gasteiger partial charge in [0.1, 0.15) is 17.0 Å². The number of carbonyl (C=O) groups excluding carboxylic acids is 1. The van der Waals surface area contributed by atoms with Crippen molar-refractivity contribution in [2.45, 2.75) is 13.3 Å². The zero-order valence-corrected chi connectivity index (χ0v) is 22.9. The van der Waals surface area contributed by atoms with Gasteiger partial charge in [0.25, 0.3) is 11.6 Å². The predicted molar refractivity (Wildman–Crippen MR) is 150 cm³/mol. The topological polar surface area (TPSA) is 111 Å². The van der Waals surface area contributed by atoms with Gasteiger partial charge in [0.05, 0.1) is 42.7 Å². The van der Waals surface area contributed by atoms with Gasteiger partial charge in [-0.3, -0.25) is 24.7 Å². The highest BCUT2D eigenvalue weighted by molar-refractivity contribution is 7.22. The molecule has 39 heavy (non-hydrogen) atoms. The van der Waals surface area contributed by atoms with Crippen LogP contribution >= 0.6 is 11.3 Å². The van der Waals surface area contributed by atoms with Crippen molar-refractivity contribution >= 4 is 44.0 Å². The molecule has 0 N–H and O–H groups in total. The molecule has 2 aliphatic rings. The van der Waals surface area contributed by atoms with Gasteiger partial charge in [0.2, 0.25) is 0 Å². The number of anilines is 2. The van der Waals surface area contributed by atoms with Gasteiger partial charge in [0, 0.05) is 50.9 Å². The largest absolute Gasteiger partial charge is 0.492 e. The van der Waals surface area contributed by atoms with E-state index in [0.29, 0.717) is 74.8 Å². The van der Waals surface area contributed by atoms with Crippen molar-refractivity contribution in [3.8, 4) is 5.75 Å². The molecule has 0 spiro atoms. The number of hydrogen-bond acceptors (Lipinski definition) is 10. The lowest BCUT2D eigenvalue weighted by molar-refractivity contribution is -0.384. The maximum absolute atomic E-state index is 13.9. The monoisotopic (exact) mass is 555 g/mol. The highest BCUT2D eigenvalue weighted by Gasteiger charge is 2.27. The summed E-state index contributed by atoms with van der Waals surface area (Å²) in [5, 5.41) is 12.6. The van der Waals surface area contributed by atoms with E-state index in [1.165, 1.54) is 17.4 Å². The van der Waals surface area contributed by atoms with Crippen molar-refractivity contribution < 1.29 is 23.9 Å². The van der Waals surface area contributed by atoms with E-state index >= 15 is 0 Å². The van der Waals surface area contributed by atoms with E-state index in [9.17, 15) is 14.9 Å². The molecule has 0 atom stereocenters. The highest BCUT2D eigenvalue weighted by Crippen LogP contribution is 2.36. The minimum Gasteiger partial charge on any atom is -0.492 e. The summed E-state index contributed by atoms with van der Waals surface area (Å²) in [6.07, 6.45) is 0.730. The van der Waals surface area contributed by atoms with Crippen LogP contribution in [0.5, 0.6) is 5.75 Å². The van der Waals surface area contributed by atoms with Crippen LogP contribution in [0.3, 0.4) is 0 Å². The summed E-state index contributed by atoms with van der Waals surface area (Å²) in [5.74, 6) is 0.356. The smallest absolute Gasteiger partial charge is 0.293 e. The summed E-state index contributed by atoms with van der Waals surface area (Å²) in [6.45, 7) is 8.97. The van der Waals surface area contributed by atoms with Crippen LogP contribution in [0.1, 0.15) is 23.7 Å². The standard InChI is InChI=1S/C27H33N5O6S/c1-2-38-23-5-3-6-24-25(23)28-27(39-24)31(10-4-9-29-11-15-36-16-12-29)26(33)20-7-8-21(22(19-20)32(34)35)30-13-17-37-18-14-30/h3,5-8,19H,2,4,9-18H2,1H3. The maximum Gasteiger partial charge on any atom is 0.293 e. The molecular weight excluding hydrogens is 522 g/mol. The second-order valence-corrected chi connectivity index (χ2v) is 10.4. The first-order valence-corrected chi connectivity index (χ1v) is 14.1. The molecule has 12 heteroatoms. The molecule has 0 unspecified atom stereocenters. The molecule has 2 aromatic carbocycles. The molecule has 2 fully saturated rings. The van der Waals surface area contributed by atoms with Gasteiger partial charge in [0.15, 0.2) is 5.13 Å². The number of fused-ring (bicyclic) bond motifs is 1. The Labute approximate surface area is 231 Å². The molecule has 1 amide bonds. The lowest BCUT2D eigenvalue weighted by Gasteiger charge is -2.29. The third-order valence-electron chi connectivity index (χ3n) is 6.88. The van der Waals surface area contributed by atoms with Crippen LogP contribution in [0.15, 0.2) is 36.4 Å². The number of nitro benzene ring substituents is 1. The van der Waals surface area contributed by atoms with Crippen molar-refractivity contribution in [3.05, 3.63) is 52.1 Å². The Morgan fingerprint density at radius 1 is 1.13 bits per heavy atom. The fourth-order valence-corrected chi connectivity index (χ4v) is 5.90. The third-order valence-corrected chi connectivity index (χ3v) is 7.92. The number of morpholine rings is 2. The first kappa shape index (κ1) is 27.3. The number of rotatable bonds is 10. The summed E-state index contributed by atoms with van der Waals surface area (Å²) in [6, 6.07) is 10.5. The van der Waals surface area contributed by atoms with Crippen LogP contribution in [0.4, 0.5) is 16.5 Å². The number of aromatic nitrogens is 1. The number of benzene rings is 2. The molecule has 0 aliphatic carbocycles. The van der Waals surface area contributed by atoms with E-state index in [0.717, 1.165) is 30.8 Å². The van der Waals surface area contributed by atoms with E-state index in [-0.39, 0.29) is 17.2 Å². The summed E-state index contributed by atoms with van der Waals surface area (Å²) in [5.41, 5.74) is 1.38. The number of thiazole rings is 1. The van der Waals surface area contributed by atoms with Gasteiger partial charge in [-0.15, -0.1) is 0 Å². The highest BCUT2D eigenvalue weighted by atomic mass is 32.1. The number of para-hydroxylation sites is 1. The second-order valence-electron chi connectivity index (χ2n) is 9.36. The molecule has 5 rings (SSSR count). The van der Waals surface area contributed by atoms with E-state index in [1.807, 2.05) is 30.0 Å². The van der Waals surface area contributed by atoms with Gasteiger partial charge >= 0.3 is 0 Å². The fourth-order valence-electron chi connectivity index (χ4n) is 4.89. The van der Waals surface area contributed by atoms with Gasteiger partial charge in [-0.2, -0.15) is 0 Å². The molecule has 1 aromatic heterocycles. The van der Waals surface area contributed by atoms with Crippen LogP contribution in [-0.4, -0.2) is 93.0 Å². The first-order valence-electron chi connectivity index (χ1n) is 13.3. The van der Waals surface area contributed by atoms with E-state index in [4.69, 9.17) is 19.2 Å². The molecular formula is C27H33N5O6S. The Bertz CT molecular complexity index is 1310. The average Bonchev–Trinajstić information content (AvgIpc) is 3.41. The van der Waals surface area contributed by atoms with Crippen molar-refractivity contribution in [1.29, 1.82) is 0 Å². The zero-order valence-electron chi connectivity index (χ0n) is 22.0. The lowest BCUT2D eigenvalue weighted by atomic mass is 10.1. The van der Waals surface area contributed by atoms with Crippen molar-refractivity contribution in [2.75, 3.05) is 82.1 Å². The van der Waals surface area contributed by atoms with Crippen molar-refractivity contribution in [3.63, 3.8) is 0 Å². The quantitative estimate of drug-likeness (QED) is 0.272. The van der Waals surface area contributed by atoms with E-state index < -0.39 is 4.92 Å². The van der Waals surface area contributed by atoms with Crippen LogP contribution in [0.25, 0.3) is 10.2 Å². The molecule has 11 nitrogen and oxygen atoms in total. The molecule has 3 aromatic rings.